The van der Waals surface area contributed by atoms with Crippen molar-refractivity contribution in [3.8, 4) is 0 Å². The Morgan fingerprint density at radius 2 is 2.00 bits per heavy atom. The average molecular weight is 296 g/mol. The van der Waals surface area contributed by atoms with E-state index in [-0.39, 0.29) is 30.2 Å². The van der Waals surface area contributed by atoms with Crippen LogP contribution < -0.4 is 0 Å². The van der Waals surface area contributed by atoms with Gasteiger partial charge in [0, 0.05) is 25.6 Å². The van der Waals surface area contributed by atoms with E-state index in [0.29, 0.717) is 19.5 Å². The molecule has 2 saturated heterocycles. The van der Waals surface area contributed by atoms with Crippen LogP contribution in [0.25, 0.3) is 0 Å². The summed E-state index contributed by atoms with van der Waals surface area (Å²) < 4.78 is 0. The van der Waals surface area contributed by atoms with E-state index in [1.807, 2.05) is 13.8 Å². The smallest absolute Gasteiger partial charge is 0.326 e. The van der Waals surface area contributed by atoms with Crippen molar-refractivity contribution in [1.82, 2.24) is 9.80 Å². The molecule has 2 atom stereocenters. The molecule has 118 valence electrons. The van der Waals surface area contributed by atoms with Gasteiger partial charge < -0.3 is 14.9 Å². The maximum Gasteiger partial charge on any atom is 0.326 e. The molecule has 0 bridgehead atoms. The van der Waals surface area contributed by atoms with E-state index in [0.717, 1.165) is 19.3 Å². The molecule has 2 rings (SSSR count). The molecule has 2 amide bonds. The first-order valence-corrected chi connectivity index (χ1v) is 7.82. The number of nitrogens with zero attached hydrogens (tertiary/aromatic N) is 2. The first-order valence-electron chi connectivity index (χ1n) is 7.82. The Bertz CT molecular complexity index is 433. The summed E-state index contributed by atoms with van der Waals surface area (Å²) in [4.78, 5) is 39.1. The molecule has 0 aliphatic carbocycles. The average Bonchev–Trinajstić information content (AvgIpc) is 3.07. The van der Waals surface area contributed by atoms with Gasteiger partial charge >= 0.3 is 5.97 Å². The van der Waals surface area contributed by atoms with Crippen LogP contribution in [0.4, 0.5) is 0 Å². The van der Waals surface area contributed by atoms with Gasteiger partial charge in [0.2, 0.25) is 11.8 Å². The van der Waals surface area contributed by atoms with E-state index in [9.17, 15) is 19.5 Å². The Labute approximate surface area is 125 Å². The normalized spacial score (nSPS) is 26.0. The van der Waals surface area contributed by atoms with Crippen molar-refractivity contribution in [2.24, 2.45) is 5.92 Å². The molecule has 2 fully saturated rings. The van der Waals surface area contributed by atoms with Crippen molar-refractivity contribution < 1.29 is 19.5 Å². The van der Waals surface area contributed by atoms with Crippen molar-refractivity contribution in [2.45, 2.75) is 58.0 Å². The number of rotatable bonds is 5. The van der Waals surface area contributed by atoms with Crippen molar-refractivity contribution in [1.29, 1.82) is 0 Å². The van der Waals surface area contributed by atoms with Gasteiger partial charge in [-0.1, -0.05) is 13.8 Å². The Kier molecular flexibility index (Phi) is 4.85. The van der Waals surface area contributed by atoms with Gasteiger partial charge in [0.15, 0.2) is 0 Å². The standard InChI is InChI=1S/C15H24N2O4/c1-3-11(4-2)17-9-10(8-13(17)18)14(19)16-7-5-6-12(16)15(20)21/h10-12H,3-9H2,1-2H3,(H,20,21)/t10-,12+/m1/s1. The third-order valence-corrected chi connectivity index (χ3v) is 4.71. The Hall–Kier alpha value is -1.59. The van der Waals surface area contributed by atoms with E-state index in [1.54, 1.807) is 4.90 Å². The second kappa shape index (κ2) is 6.45. The predicted octanol–water partition coefficient (Wildman–Crippen LogP) is 1.10. The van der Waals surface area contributed by atoms with Crippen LogP contribution in [0, 0.1) is 5.92 Å². The lowest BCUT2D eigenvalue weighted by molar-refractivity contribution is -0.149. The van der Waals surface area contributed by atoms with Crippen LogP contribution in [0.2, 0.25) is 0 Å². The van der Waals surface area contributed by atoms with Gasteiger partial charge in [-0.2, -0.15) is 0 Å². The molecule has 2 aliphatic heterocycles. The number of likely N-dealkylation sites (tertiary alicyclic amines) is 2. The van der Waals surface area contributed by atoms with Crippen LogP contribution in [-0.4, -0.2) is 57.9 Å². The van der Waals surface area contributed by atoms with E-state index < -0.39 is 12.0 Å². The first-order chi connectivity index (χ1) is 9.99. The fraction of sp³-hybridized carbons (Fsp3) is 0.800. The fourth-order valence-electron chi connectivity index (χ4n) is 3.50. The summed E-state index contributed by atoms with van der Waals surface area (Å²) in [6, 6.07) is -0.529. The fourth-order valence-corrected chi connectivity index (χ4v) is 3.50. The number of carboxylic acids is 1. The maximum atomic E-state index is 12.5. The number of aliphatic carboxylic acids is 1. The minimum atomic E-state index is -0.943. The molecule has 0 radical (unpaired) electrons. The molecular formula is C15H24N2O4. The van der Waals surface area contributed by atoms with Crippen LogP contribution in [0.1, 0.15) is 46.0 Å². The second-order valence-electron chi connectivity index (χ2n) is 5.95. The van der Waals surface area contributed by atoms with Crippen LogP contribution >= 0.6 is 0 Å². The summed E-state index contributed by atoms with van der Waals surface area (Å²) in [5, 5.41) is 9.17. The zero-order valence-corrected chi connectivity index (χ0v) is 12.7. The third-order valence-electron chi connectivity index (χ3n) is 4.71. The van der Waals surface area contributed by atoms with Crippen LogP contribution in [-0.2, 0) is 14.4 Å². The number of carboxylic acid groups (broad SMARTS) is 1. The number of amides is 2. The predicted molar refractivity (Wildman–Crippen MR) is 76.6 cm³/mol. The quantitative estimate of drug-likeness (QED) is 0.824. The van der Waals surface area contributed by atoms with Crippen molar-refractivity contribution in [3.63, 3.8) is 0 Å². The van der Waals surface area contributed by atoms with Crippen molar-refractivity contribution >= 4 is 17.8 Å². The number of hydrogen-bond acceptors (Lipinski definition) is 3. The molecule has 0 spiro atoms. The SMILES string of the molecule is CCC(CC)N1C[C@H](C(=O)N2CCC[C@H]2C(=O)O)CC1=O. The van der Waals surface area contributed by atoms with E-state index in [1.165, 1.54) is 4.90 Å². The zero-order valence-electron chi connectivity index (χ0n) is 12.7. The van der Waals surface area contributed by atoms with E-state index >= 15 is 0 Å². The molecular weight excluding hydrogens is 272 g/mol. The lowest BCUT2D eigenvalue weighted by atomic mass is 10.1. The van der Waals surface area contributed by atoms with Gasteiger partial charge in [-0.3, -0.25) is 9.59 Å². The zero-order chi connectivity index (χ0) is 15.6. The molecule has 0 aromatic rings. The number of carbonyl (C=O) groups excluding carboxylic acids is 2. The molecule has 2 heterocycles. The minimum absolute atomic E-state index is 0.0214. The summed E-state index contributed by atoms with van der Waals surface area (Å²) >= 11 is 0. The molecule has 6 nitrogen and oxygen atoms in total. The first kappa shape index (κ1) is 15.8. The third kappa shape index (κ3) is 3.04. The highest BCUT2D eigenvalue weighted by molar-refractivity contribution is 5.91. The van der Waals surface area contributed by atoms with E-state index in [4.69, 9.17) is 0 Å². The Balaban J connectivity index is 2.04. The maximum absolute atomic E-state index is 12.5. The molecule has 0 aromatic heterocycles. The van der Waals surface area contributed by atoms with Gasteiger partial charge in [-0.15, -0.1) is 0 Å². The van der Waals surface area contributed by atoms with Crippen LogP contribution in [0.15, 0.2) is 0 Å². The molecule has 1 N–H and O–H groups in total. The second-order valence-corrected chi connectivity index (χ2v) is 5.95. The van der Waals surface area contributed by atoms with Gasteiger partial charge in [-0.05, 0) is 25.7 Å². The van der Waals surface area contributed by atoms with Gasteiger partial charge in [-0.25, -0.2) is 4.79 Å². The molecule has 6 heteroatoms. The highest BCUT2D eigenvalue weighted by Crippen LogP contribution is 2.27. The van der Waals surface area contributed by atoms with Gasteiger partial charge in [0.25, 0.3) is 0 Å². The molecule has 0 unspecified atom stereocenters. The Morgan fingerprint density at radius 3 is 2.57 bits per heavy atom. The largest absolute Gasteiger partial charge is 0.480 e. The molecule has 21 heavy (non-hydrogen) atoms. The summed E-state index contributed by atoms with van der Waals surface area (Å²) in [6.07, 6.45) is 3.21. The summed E-state index contributed by atoms with van der Waals surface area (Å²) in [5.41, 5.74) is 0. The molecule has 0 saturated carbocycles. The van der Waals surface area contributed by atoms with Gasteiger partial charge in [0.1, 0.15) is 6.04 Å². The number of carbonyl (C=O) groups is 3. The van der Waals surface area contributed by atoms with E-state index in [2.05, 4.69) is 0 Å². The van der Waals surface area contributed by atoms with Crippen molar-refractivity contribution in [3.05, 3.63) is 0 Å². The highest BCUT2D eigenvalue weighted by atomic mass is 16.4. The van der Waals surface area contributed by atoms with Crippen molar-refractivity contribution in [2.75, 3.05) is 13.1 Å². The summed E-state index contributed by atoms with van der Waals surface area (Å²) in [5.74, 6) is -1.46. The van der Waals surface area contributed by atoms with Crippen LogP contribution in [0.5, 0.6) is 0 Å². The minimum Gasteiger partial charge on any atom is -0.480 e. The monoisotopic (exact) mass is 296 g/mol. The Morgan fingerprint density at radius 1 is 1.33 bits per heavy atom. The van der Waals surface area contributed by atoms with Crippen LogP contribution in [0.3, 0.4) is 0 Å². The highest BCUT2D eigenvalue weighted by Gasteiger charge is 2.42. The lowest BCUT2D eigenvalue weighted by Gasteiger charge is -2.27. The molecule has 0 aromatic carbocycles. The topological polar surface area (TPSA) is 77.9 Å². The number of hydrogen-bond donors (Lipinski definition) is 1. The summed E-state index contributed by atoms with van der Waals surface area (Å²) in [7, 11) is 0. The lowest BCUT2D eigenvalue weighted by Crippen LogP contribution is -2.44. The van der Waals surface area contributed by atoms with Gasteiger partial charge in [0.05, 0.1) is 5.92 Å². The molecule has 2 aliphatic rings. The summed E-state index contributed by atoms with van der Waals surface area (Å²) in [6.45, 7) is 5.01.